The van der Waals surface area contributed by atoms with Gasteiger partial charge in [-0.2, -0.15) is 0 Å². The molecule has 0 bridgehead atoms. The summed E-state index contributed by atoms with van der Waals surface area (Å²) in [5.41, 5.74) is 0.847. The van der Waals surface area contributed by atoms with Gasteiger partial charge < -0.3 is 4.74 Å². The van der Waals surface area contributed by atoms with Gasteiger partial charge >= 0.3 is 6.36 Å². The molecule has 6 heteroatoms. The summed E-state index contributed by atoms with van der Waals surface area (Å²) in [6.07, 6.45) is -2.04. The number of ether oxygens (including phenoxy) is 1. The second-order valence-corrected chi connectivity index (χ2v) is 4.32. The largest absolute Gasteiger partial charge is 0.573 e. The first-order chi connectivity index (χ1) is 10.3. The van der Waals surface area contributed by atoms with Crippen LogP contribution in [-0.4, -0.2) is 12.1 Å². The van der Waals surface area contributed by atoms with Crippen LogP contribution in [0.3, 0.4) is 0 Å². The monoisotopic (exact) mass is 310 g/mol. The van der Waals surface area contributed by atoms with E-state index in [0.717, 1.165) is 12.1 Å². The van der Waals surface area contributed by atoms with Crippen molar-refractivity contribution in [3.05, 3.63) is 71.6 Å². The molecule has 0 spiro atoms. The third-order valence-corrected chi connectivity index (χ3v) is 2.67. The highest BCUT2D eigenvalue weighted by atomic mass is 19.4. The summed E-state index contributed by atoms with van der Waals surface area (Å²) in [7, 11) is 0. The van der Waals surface area contributed by atoms with Crippen molar-refractivity contribution in [2.45, 2.75) is 6.36 Å². The Hall–Kier alpha value is -2.63. The lowest BCUT2D eigenvalue weighted by molar-refractivity contribution is -0.274. The van der Waals surface area contributed by atoms with E-state index in [9.17, 15) is 22.4 Å². The fourth-order valence-electron chi connectivity index (χ4n) is 1.66. The molecule has 0 amide bonds. The van der Waals surface area contributed by atoms with Crippen LogP contribution in [0.15, 0.2) is 54.6 Å². The lowest BCUT2D eigenvalue weighted by Crippen LogP contribution is -2.16. The standard InChI is InChI=1S/C16H10F4O2/c17-13-6-4-12(5-7-13)15(21)10-3-11-1-8-14(9-2-11)22-16(18,19)20/h1-10H/b10-3+. The summed E-state index contributed by atoms with van der Waals surface area (Å²) < 4.78 is 52.5. The van der Waals surface area contributed by atoms with Crippen LogP contribution in [0.25, 0.3) is 6.08 Å². The van der Waals surface area contributed by atoms with Crippen LogP contribution in [0.4, 0.5) is 17.6 Å². The highest BCUT2D eigenvalue weighted by molar-refractivity contribution is 6.06. The average Bonchev–Trinajstić information content (AvgIpc) is 2.45. The fourth-order valence-corrected chi connectivity index (χ4v) is 1.66. The predicted octanol–water partition coefficient (Wildman–Crippen LogP) is 4.62. The predicted molar refractivity (Wildman–Crippen MR) is 72.9 cm³/mol. The zero-order chi connectivity index (χ0) is 16.2. The van der Waals surface area contributed by atoms with E-state index in [1.54, 1.807) is 0 Å². The Kier molecular flexibility index (Phi) is 4.60. The van der Waals surface area contributed by atoms with Crippen LogP contribution in [0, 0.1) is 5.82 Å². The van der Waals surface area contributed by atoms with Crippen LogP contribution in [0.2, 0.25) is 0 Å². The third kappa shape index (κ3) is 4.73. The van der Waals surface area contributed by atoms with Gasteiger partial charge in [-0.05, 0) is 48.0 Å². The molecule has 0 radical (unpaired) electrons. The summed E-state index contributed by atoms with van der Waals surface area (Å²) in [5.74, 6) is -1.12. The second-order valence-electron chi connectivity index (χ2n) is 4.32. The van der Waals surface area contributed by atoms with Crippen LogP contribution >= 0.6 is 0 Å². The molecule has 0 aromatic heterocycles. The number of hydrogen-bond acceptors (Lipinski definition) is 2. The van der Waals surface area contributed by atoms with Gasteiger partial charge in [-0.15, -0.1) is 13.2 Å². The molecular weight excluding hydrogens is 300 g/mol. The lowest BCUT2D eigenvalue weighted by Gasteiger charge is -2.08. The van der Waals surface area contributed by atoms with Gasteiger partial charge in [0.2, 0.25) is 0 Å². The first kappa shape index (κ1) is 15.8. The van der Waals surface area contributed by atoms with Crippen molar-refractivity contribution in [1.29, 1.82) is 0 Å². The summed E-state index contributed by atoms with van der Waals surface area (Å²) in [5, 5.41) is 0. The number of alkyl halides is 3. The molecule has 2 rings (SSSR count). The molecule has 22 heavy (non-hydrogen) atoms. The Morgan fingerprint density at radius 1 is 0.955 bits per heavy atom. The minimum absolute atomic E-state index is 0.315. The van der Waals surface area contributed by atoms with Crippen LogP contribution in [-0.2, 0) is 0 Å². The second kappa shape index (κ2) is 6.43. The van der Waals surface area contributed by atoms with E-state index in [4.69, 9.17) is 0 Å². The Balaban J connectivity index is 2.04. The van der Waals surface area contributed by atoms with E-state index in [1.807, 2.05) is 0 Å². The topological polar surface area (TPSA) is 26.3 Å². The van der Waals surface area contributed by atoms with Crippen molar-refractivity contribution < 1.29 is 27.1 Å². The van der Waals surface area contributed by atoms with E-state index >= 15 is 0 Å². The smallest absolute Gasteiger partial charge is 0.406 e. The quantitative estimate of drug-likeness (QED) is 0.468. The van der Waals surface area contributed by atoms with Crippen LogP contribution in [0.1, 0.15) is 15.9 Å². The molecule has 0 saturated heterocycles. The summed E-state index contributed by atoms with van der Waals surface area (Å²) in [6, 6.07) is 10.1. The van der Waals surface area contributed by atoms with E-state index in [0.29, 0.717) is 11.1 Å². The van der Waals surface area contributed by atoms with Gasteiger partial charge in [0.1, 0.15) is 11.6 Å². The third-order valence-electron chi connectivity index (χ3n) is 2.67. The van der Waals surface area contributed by atoms with Crippen molar-refractivity contribution in [3.63, 3.8) is 0 Å². The van der Waals surface area contributed by atoms with Crippen LogP contribution < -0.4 is 4.74 Å². The molecule has 0 N–H and O–H groups in total. The molecule has 0 aliphatic carbocycles. The minimum Gasteiger partial charge on any atom is -0.406 e. The van der Waals surface area contributed by atoms with Gasteiger partial charge in [0.15, 0.2) is 5.78 Å². The molecule has 114 valence electrons. The molecule has 0 atom stereocenters. The normalized spacial score (nSPS) is 11.6. The molecule has 0 heterocycles. The molecule has 2 aromatic rings. The number of allylic oxidation sites excluding steroid dienone is 1. The molecule has 0 unspecified atom stereocenters. The van der Waals surface area contributed by atoms with Gasteiger partial charge in [-0.3, -0.25) is 4.79 Å². The molecule has 2 nitrogen and oxygen atoms in total. The average molecular weight is 310 g/mol. The fraction of sp³-hybridized carbons (Fsp3) is 0.0625. The lowest BCUT2D eigenvalue weighted by atomic mass is 10.1. The summed E-state index contributed by atoms with van der Waals surface area (Å²) in [6.45, 7) is 0. The van der Waals surface area contributed by atoms with Gasteiger partial charge in [0.05, 0.1) is 0 Å². The number of carbonyl (C=O) groups is 1. The highest BCUT2D eigenvalue weighted by Gasteiger charge is 2.30. The van der Waals surface area contributed by atoms with Gasteiger partial charge in [0.25, 0.3) is 0 Å². The number of hydrogen-bond donors (Lipinski definition) is 0. The zero-order valence-corrected chi connectivity index (χ0v) is 11.1. The molecule has 2 aromatic carbocycles. The van der Waals surface area contributed by atoms with Crippen molar-refractivity contribution in [2.75, 3.05) is 0 Å². The first-order valence-electron chi connectivity index (χ1n) is 6.17. The van der Waals surface area contributed by atoms with E-state index in [1.165, 1.54) is 48.6 Å². The van der Waals surface area contributed by atoms with Crippen molar-refractivity contribution in [1.82, 2.24) is 0 Å². The zero-order valence-electron chi connectivity index (χ0n) is 11.1. The molecular formula is C16H10F4O2. The molecule has 0 aliphatic rings. The Morgan fingerprint density at radius 2 is 1.55 bits per heavy atom. The SMILES string of the molecule is O=C(/C=C/c1ccc(OC(F)(F)F)cc1)c1ccc(F)cc1. The number of carbonyl (C=O) groups excluding carboxylic acids is 1. The number of ketones is 1. The molecule has 0 fully saturated rings. The van der Waals surface area contributed by atoms with Crippen molar-refractivity contribution in [3.8, 4) is 5.75 Å². The van der Waals surface area contributed by atoms with Crippen LogP contribution in [0.5, 0.6) is 5.75 Å². The molecule has 0 aliphatic heterocycles. The van der Waals surface area contributed by atoms with Crippen molar-refractivity contribution >= 4 is 11.9 Å². The van der Waals surface area contributed by atoms with Gasteiger partial charge in [-0.1, -0.05) is 18.2 Å². The maximum Gasteiger partial charge on any atom is 0.573 e. The number of halogens is 4. The molecule has 0 saturated carbocycles. The number of rotatable bonds is 4. The maximum atomic E-state index is 12.7. The maximum absolute atomic E-state index is 12.7. The number of benzene rings is 2. The van der Waals surface area contributed by atoms with Crippen molar-refractivity contribution in [2.24, 2.45) is 0 Å². The Bertz CT molecular complexity index is 671. The van der Waals surface area contributed by atoms with Gasteiger partial charge in [0, 0.05) is 5.56 Å². The summed E-state index contributed by atoms with van der Waals surface area (Å²) >= 11 is 0. The van der Waals surface area contributed by atoms with E-state index < -0.39 is 12.2 Å². The Morgan fingerprint density at radius 3 is 2.09 bits per heavy atom. The van der Waals surface area contributed by atoms with Gasteiger partial charge in [-0.25, -0.2) is 4.39 Å². The van der Waals surface area contributed by atoms with E-state index in [2.05, 4.69) is 4.74 Å². The van der Waals surface area contributed by atoms with E-state index in [-0.39, 0.29) is 11.5 Å². The minimum atomic E-state index is -4.74. The first-order valence-corrected chi connectivity index (χ1v) is 6.17. The highest BCUT2D eigenvalue weighted by Crippen LogP contribution is 2.23. The summed E-state index contributed by atoms with van der Waals surface area (Å²) in [4.78, 5) is 11.8. The Labute approximate surface area is 123 Å².